The summed E-state index contributed by atoms with van der Waals surface area (Å²) in [6, 6.07) is 19.2. The normalized spacial score (nSPS) is 17.9. The summed E-state index contributed by atoms with van der Waals surface area (Å²) >= 11 is 0. The smallest absolute Gasteiger partial charge is 0.231 e. The lowest BCUT2D eigenvalue weighted by Crippen LogP contribution is -2.33. The average Bonchev–Trinajstić information content (AvgIpc) is 3.33. The maximum absolute atomic E-state index is 5.50. The highest BCUT2D eigenvalue weighted by Crippen LogP contribution is 2.36. The summed E-state index contributed by atoms with van der Waals surface area (Å²) in [5.41, 5.74) is 4.70. The third-order valence-electron chi connectivity index (χ3n) is 5.12. The number of fused-ring (bicyclic) bond motifs is 2. The molecule has 0 saturated carbocycles. The van der Waals surface area contributed by atoms with E-state index >= 15 is 0 Å². The van der Waals surface area contributed by atoms with E-state index in [0.717, 1.165) is 48.7 Å². The van der Waals surface area contributed by atoms with Crippen LogP contribution >= 0.6 is 0 Å². The predicted molar refractivity (Wildman–Crippen MR) is 99.3 cm³/mol. The first-order valence-electron chi connectivity index (χ1n) is 9.12. The number of ether oxygens (including phenoxy) is 2. The van der Waals surface area contributed by atoms with E-state index in [1.165, 1.54) is 11.3 Å². The Morgan fingerprint density at radius 3 is 2.85 bits per heavy atom. The molecule has 0 fully saturated rings. The first-order chi connectivity index (χ1) is 12.9. The fraction of sp³-hybridized carbons (Fsp3) is 0.286. The molecule has 0 bridgehead atoms. The minimum Gasteiger partial charge on any atom is -0.454 e. The lowest BCUT2D eigenvalue weighted by Gasteiger charge is -2.25. The molecule has 2 aliphatic rings. The van der Waals surface area contributed by atoms with Crippen LogP contribution in [0, 0.1) is 0 Å². The number of aryl methyl sites for hydroxylation is 1. The van der Waals surface area contributed by atoms with Crippen LogP contribution in [0.3, 0.4) is 0 Å². The van der Waals surface area contributed by atoms with E-state index in [2.05, 4.69) is 46.4 Å². The van der Waals surface area contributed by atoms with Crippen LogP contribution in [0.5, 0.6) is 11.5 Å². The number of hydrogen-bond acceptors (Lipinski definition) is 4. The molecule has 0 radical (unpaired) electrons. The lowest BCUT2D eigenvalue weighted by atomic mass is 10.0. The first-order valence-corrected chi connectivity index (χ1v) is 9.12. The summed E-state index contributed by atoms with van der Waals surface area (Å²) < 4.78 is 13.1. The van der Waals surface area contributed by atoms with Crippen molar-refractivity contribution >= 4 is 0 Å². The van der Waals surface area contributed by atoms with E-state index in [1.807, 2.05) is 18.2 Å². The van der Waals surface area contributed by atoms with Crippen molar-refractivity contribution in [2.45, 2.75) is 25.4 Å². The Labute approximate surface area is 152 Å². The zero-order chi connectivity index (χ0) is 17.3. The molecule has 5 rings (SSSR count). The van der Waals surface area contributed by atoms with E-state index in [-0.39, 0.29) is 0 Å². The molecule has 0 aliphatic carbocycles. The number of rotatable bonds is 4. The average molecular weight is 347 g/mol. The van der Waals surface area contributed by atoms with Crippen LogP contribution in [-0.2, 0) is 13.0 Å². The molecule has 0 amide bonds. The Balaban J connectivity index is 1.39. The molecule has 0 spiro atoms. The minimum absolute atomic E-state index is 0.296. The van der Waals surface area contributed by atoms with Crippen molar-refractivity contribution in [3.05, 3.63) is 65.9 Å². The van der Waals surface area contributed by atoms with Crippen LogP contribution < -0.4 is 14.8 Å². The number of benzene rings is 2. The fourth-order valence-electron chi connectivity index (χ4n) is 3.74. The Bertz CT molecular complexity index is 920. The van der Waals surface area contributed by atoms with Gasteiger partial charge in [-0.3, -0.25) is 4.68 Å². The largest absolute Gasteiger partial charge is 0.454 e. The van der Waals surface area contributed by atoms with Crippen LogP contribution in [-0.4, -0.2) is 23.1 Å². The van der Waals surface area contributed by atoms with Crippen LogP contribution in [0.25, 0.3) is 11.3 Å². The van der Waals surface area contributed by atoms with Gasteiger partial charge in [-0.15, -0.1) is 0 Å². The van der Waals surface area contributed by atoms with Crippen molar-refractivity contribution in [3.8, 4) is 22.8 Å². The van der Waals surface area contributed by atoms with Gasteiger partial charge in [0.2, 0.25) is 6.79 Å². The summed E-state index contributed by atoms with van der Waals surface area (Å²) in [7, 11) is 0. The van der Waals surface area contributed by atoms with Crippen molar-refractivity contribution in [2.75, 3.05) is 13.3 Å². The first kappa shape index (κ1) is 15.5. The molecule has 26 heavy (non-hydrogen) atoms. The second-order valence-electron chi connectivity index (χ2n) is 6.78. The van der Waals surface area contributed by atoms with Gasteiger partial charge < -0.3 is 14.8 Å². The van der Waals surface area contributed by atoms with E-state index in [9.17, 15) is 0 Å². The number of hydrogen-bond donors (Lipinski definition) is 1. The third-order valence-corrected chi connectivity index (χ3v) is 5.12. The monoisotopic (exact) mass is 347 g/mol. The highest BCUT2D eigenvalue weighted by Gasteiger charge is 2.23. The van der Waals surface area contributed by atoms with Gasteiger partial charge in [-0.1, -0.05) is 30.3 Å². The number of nitrogens with zero attached hydrogens (tertiary/aromatic N) is 2. The molecule has 0 saturated heterocycles. The molecule has 1 N–H and O–H groups in total. The Morgan fingerprint density at radius 1 is 1.04 bits per heavy atom. The van der Waals surface area contributed by atoms with Gasteiger partial charge in [-0.2, -0.15) is 5.10 Å². The molecule has 3 aromatic rings. The van der Waals surface area contributed by atoms with Crippen molar-refractivity contribution in [2.24, 2.45) is 0 Å². The van der Waals surface area contributed by atoms with E-state index in [4.69, 9.17) is 14.6 Å². The molecule has 2 aromatic carbocycles. The van der Waals surface area contributed by atoms with E-state index < -0.39 is 0 Å². The molecular weight excluding hydrogens is 326 g/mol. The fourth-order valence-corrected chi connectivity index (χ4v) is 3.74. The van der Waals surface area contributed by atoms with E-state index in [0.29, 0.717) is 12.8 Å². The molecule has 132 valence electrons. The molecule has 0 unspecified atom stereocenters. The zero-order valence-corrected chi connectivity index (χ0v) is 14.5. The van der Waals surface area contributed by atoms with Crippen molar-refractivity contribution < 1.29 is 9.47 Å². The van der Waals surface area contributed by atoms with Gasteiger partial charge in [0.1, 0.15) is 0 Å². The molecule has 1 atom stereocenters. The van der Waals surface area contributed by atoms with Crippen molar-refractivity contribution in [1.29, 1.82) is 0 Å². The van der Waals surface area contributed by atoms with Gasteiger partial charge in [0.05, 0.1) is 17.9 Å². The highest BCUT2D eigenvalue weighted by molar-refractivity contribution is 5.64. The summed E-state index contributed by atoms with van der Waals surface area (Å²) in [5, 5.41) is 8.48. The van der Waals surface area contributed by atoms with Gasteiger partial charge in [0.25, 0.3) is 0 Å². The van der Waals surface area contributed by atoms with Crippen LogP contribution in [0.15, 0.2) is 54.6 Å². The highest BCUT2D eigenvalue weighted by atomic mass is 16.7. The Hall–Kier alpha value is -2.79. The van der Waals surface area contributed by atoms with Gasteiger partial charge in [0.15, 0.2) is 11.5 Å². The Kier molecular flexibility index (Phi) is 3.87. The molecule has 2 aliphatic heterocycles. The summed E-state index contributed by atoms with van der Waals surface area (Å²) in [4.78, 5) is 0. The third kappa shape index (κ3) is 2.84. The SMILES string of the molecule is c1ccc(CC[C@@H]2NCCn3nc(-c4ccc5c(c4)OCO5)cc32)cc1. The molecular formula is C21H21N3O2. The standard InChI is InChI=1S/C21H21N3O2/c1-2-4-15(5-3-1)6-8-17-19-13-18(23-24(19)11-10-22-17)16-7-9-20-21(12-16)26-14-25-20/h1-5,7,9,12-13,17,22H,6,8,10-11,14H2/t17-/m0/s1. The summed E-state index contributed by atoms with van der Waals surface area (Å²) in [5.74, 6) is 1.60. The van der Waals surface area contributed by atoms with Crippen molar-refractivity contribution in [3.63, 3.8) is 0 Å². The van der Waals surface area contributed by atoms with Gasteiger partial charge in [0, 0.05) is 18.2 Å². The molecule has 5 nitrogen and oxygen atoms in total. The van der Waals surface area contributed by atoms with Gasteiger partial charge in [-0.25, -0.2) is 0 Å². The zero-order valence-electron chi connectivity index (χ0n) is 14.5. The summed E-state index contributed by atoms with van der Waals surface area (Å²) in [6.45, 7) is 2.15. The summed E-state index contributed by atoms with van der Waals surface area (Å²) in [6.07, 6.45) is 2.12. The lowest BCUT2D eigenvalue weighted by molar-refractivity contribution is 0.174. The quantitative estimate of drug-likeness (QED) is 0.784. The van der Waals surface area contributed by atoms with Crippen LogP contribution in [0.4, 0.5) is 0 Å². The topological polar surface area (TPSA) is 48.3 Å². The second-order valence-corrected chi connectivity index (χ2v) is 6.78. The van der Waals surface area contributed by atoms with E-state index in [1.54, 1.807) is 0 Å². The number of aromatic nitrogens is 2. The maximum atomic E-state index is 5.50. The number of nitrogens with one attached hydrogen (secondary N) is 1. The Morgan fingerprint density at radius 2 is 1.92 bits per heavy atom. The predicted octanol–water partition coefficient (Wildman–Crippen LogP) is 3.56. The molecule has 5 heteroatoms. The minimum atomic E-state index is 0.296. The maximum Gasteiger partial charge on any atom is 0.231 e. The molecule has 1 aromatic heterocycles. The van der Waals surface area contributed by atoms with Gasteiger partial charge >= 0.3 is 0 Å². The van der Waals surface area contributed by atoms with Gasteiger partial charge in [-0.05, 0) is 42.7 Å². The van der Waals surface area contributed by atoms with Crippen LogP contribution in [0.1, 0.15) is 23.7 Å². The van der Waals surface area contributed by atoms with Crippen molar-refractivity contribution in [1.82, 2.24) is 15.1 Å². The second kappa shape index (κ2) is 6.50. The molecule has 3 heterocycles. The van der Waals surface area contributed by atoms with Crippen LogP contribution in [0.2, 0.25) is 0 Å².